The largest absolute Gasteiger partial charge is 0.497 e. The molecule has 0 aromatic heterocycles. The minimum absolute atomic E-state index is 0.121. The number of nitro groups is 1. The van der Waals surface area contributed by atoms with E-state index in [0.29, 0.717) is 43.0 Å². The maximum atomic E-state index is 11.2. The second kappa shape index (κ2) is 7.44. The summed E-state index contributed by atoms with van der Waals surface area (Å²) in [5.74, 6) is 1.29. The van der Waals surface area contributed by atoms with Crippen LogP contribution in [-0.2, 0) is 5.60 Å². The number of benzene rings is 2. The molecule has 0 unspecified atom stereocenters. The van der Waals surface area contributed by atoms with Crippen molar-refractivity contribution in [3.8, 4) is 11.5 Å². The zero-order chi connectivity index (χ0) is 19.6. The van der Waals surface area contributed by atoms with Crippen molar-refractivity contribution in [1.29, 1.82) is 0 Å². The van der Waals surface area contributed by atoms with Crippen molar-refractivity contribution in [2.75, 3.05) is 32.2 Å². The third kappa shape index (κ3) is 3.83. The Hall–Kier alpha value is -2.80. The Balaban J connectivity index is 1.78. The first-order valence-electron chi connectivity index (χ1n) is 8.82. The van der Waals surface area contributed by atoms with E-state index in [2.05, 4.69) is 4.90 Å². The topological polar surface area (TPSA) is 85.1 Å². The fourth-order valence-corrected chi connectivity index (χ4v) is 3.54. The number of aryl methyl sites for hydroxylation is 1. The predicted molar refractivity (Wildman–Crippen MR) is 103 cm³/mol. The van der Waals surface area contributed by atoms with Gasteiger partial charge in [0.05, 0.1) is 24.7 Å². The number of ether oxygens (including phenoxy) is 2. The molecule has 2 aromatic rings. The minimum Gasteiger partial charge on any atom is -0.497 e. The van der Waals surface area contributed by atoms with Gasteiger partial charge in [-0.05, 0) is 49.6 Å². The van der Waals surface area contributed by atoms with Crippen molar-refractivity contribution in [3.63, 3.8) is 0 Å². The summed E-state index contributed by atoms with van der Waals surface area (Å²) in [7, 11) is 3.17. The Bertz CT molecular complexity index is 822. The smallest absolute Gasteiger partial charge is 0.272 e. The van der Waals surface area contributed by atoms with E-state index in [-0.39, 0.29) is 10.6 Å². The number of anilines is 1. The number of hydrogen-bond acceptors (Lipinski definition) is 6. The van der Waals surface area contributed by atoms with Crippen molar-refractivity contribution in [1.82, 2.24) is 0 Å². The third-order valence-corrected chi connectivity index (χ3v) is 5.22. The molecule has 7 heteroatoms. The first-order chi connectivity index (χ1) is 12.9. The van der Waals surface area contributed by atoms with E-state index in [4.69, 9.17) is 9.47 Å². The molecule has 0 amide bonds. The molecule has 27 heavy (non-hydrogen) atoms. The van der Waals surface area contributed by atoms with Crippen molar-refractivity contribution >= 4 is 11.4 Å². The first-order valence-corrected chi connectivity index (χ1v) is 8.82. The van der Waals surface area contributed by atoms with Gasteiger partial charge in [0.15, 0.2) is 0 Å². The van der Waals surface area contributed by atoms with Crippen molar-refractivity contribution in [2.24, 2.45) is 0 Å². The molecular weight excluding hydrogens is 348 g/mol. The Kier molecular flexibility index (Phi) is 5.23. The van der Waals surface area contributed by atoms with Gasteiger partial charge in [-0.1, -0.05) is 0 Å². The molecule has 0 spiro atoms. The van der Waals surface area contributed by atoms with Crippen LogP contribution in [0, 0.1) is 17.0 Å². The molecule has 2 aromatic carbocycles. The molecule has 7 nitrogen and oxygen atoms in total. The van der Waals surface area contributed by atoms with Crippen molar-refractivity contribution < 1.29 is 19.5 Å². The molecule has 1 fully saturated rings. The fraction of sp³-hybridized carbons (Fsp3) is 0.400. The number of piperidine rings is 1. The average molecular weight is 372 g/mol. The Labute approximate surface area is 158 Å². The molecule has 1 aliphatic rings. The van der Waals surface area contributed by atoms with Crippen molar-refractivity contribution in [2.45, 2.75) is 25.4 Å². The average Bonchev–Trinajstić information content (AvgIpc) is 2.67. The van der Waals surface area contributed by atoms with Gasteiger partial charge < -0.3 is 19.5 Å². The van der Waals surface area contributed by atoms with Gasteiger partial charge in [0.25, 0.3) is 5.69 Å². The van der Waals surface area contributed by atoms with E-state index in [1.54, 1.807) is 39.3 Å². The molecule has 1 N–H and O–H groups in total. The Morgan fingerprint density at radius 1 is 1.07 bits per heavy atom. The van der Waals surface area contributed by atoms with Crippen LogP contribution in [0.25, 0.3) is 0 Å². The van der Waals surface area contributed by atoms with E-state index < -0.39 is 5.60 Å². The van der Waals surface area contributed by atoms with E-state index in [1.165, 1.54) is 0 Å². The standard InChI is InChI=1S/C20H24N2O5/c1-14-10-16(4-5-19(14)22(24)25)21-8-6-20(23,7-9-21)15-11-17(26-2)13-18(12-15)27-3/h4-5,10-13,23H,6-9H2,1-3H3. The van der Waals surface area contributed by atoms with Crippen LogP contribution in [0.3, 0.4) is 0 Å². The summed E-state index contributed by atoms with van der Waals surface area (Å²) in [5.41, 5.74) is 1.50. The summed E-state index contributed by atoms with van der Waals surface area (Å²) in [6.45, 7) is 3.03. The van der Waals surface area contributed by atoms with Crippen LogP contribution in [0.1, 0.15) is 24.0 Å². The van der Waals surface area contributed by atoms with Crippen LogP contribution < -0.4 is 14.4 Å². The lowest BCUT2D eigenvalue weighted by Gasteiger charge is -2.40. The molecule has 1 aliphatic heterocycles. The molecule has 0 atom stereocenters. The molecule has 0 radical (unpaired) electrons. The Morgan fingerprint density at radius 2 is 1.67 bits per heavy atom. The molecule has 0 aliphatic carbocycles. The summed E-state index contributed by atoms with van der Waals surface area (Å²) in [6, 6.07) is 10.6. The monoisotopic (exact) mass is 372 g/mol. The lowest BCUT2D eigenvalue weighted by atomic mass is 9.84. The molecule has 3 rings (SSSR count). The van der Waals surface area contributed by atoms with Gasteiger partial charge >= 0.3 is 0 Å². The van der Waals surface area contributed by atoms with E-state index in [0.717, 1.165) is 11.3 Å². The second-order valence-corrected chi connectivity index (χ2v) is 6.85. The number of hydrogen-bond donors (Lipinski definition) is 1. The van der Waals surface area contributed by atoms with Crippen LogP contribution in [-0.4, -0.2) is 37.3 Å². The maximum Gasteiger partial charge on any atom is 0.272 e. The van der Waals surface area contributed by atoms with E-state index >= 15 is 0 Å². The summed E-state index contributed by atoms with van der Waals surface area (Å²) in [6.07, 6.45) is 1.08. The number of methoxy groups -OCH3 is 2. The Morgan fingerprint density at radius 3 is 2.15 bits per heavy atom. The lowest BCUT2D eigenvalue weighted by Crippen LogP contribution is -2.42. The predicted octanol–water partition coefficient (Wildman–Crippen LogP) is 3.41. The highest BCUT2D eigenvalue weighted by molar-refractivity contribution is 5.56. The number of aliphatic hydroxyl groups is 1. The normalized spacial score (nSPS) is 16.1. The van der Waals surface area contributed by atoms with Gasteiger partial charge in [-0.3, -0.25) is 10.1 Å². The molecule has 0 saturated carbocycles. The second-order valence-electron chi connectivity index (χ2n) is 6.85. The zero-order valence-corrected chi connectivity index (χ0v) is 15.8. The summed E-state index contributed by atoms with van der Waals surface area (Å²) >= 11 is 0. The van der Waals surface area contributed by atoms with E-state index in [9.17, 15) is 15.2 Å². The van der Waals surface area contributed by atoms with Gasteiger partial charge in [0, 0.05) is 36.5 Å². The number of nitrogens with zero attached hydrogens (tertiary/aromatic N) is 2. The quantitative estimate of drug-likeness (QED) is 0.639. The van der Waals surface area contributed by atoms with Gasteiger partial charge in [0.1, 0.15) is 11.5 Å². The summed E-state index contributed by atoms with van der Waals surface area (Å²) in [4.78, 5) is 12.8. The molecule has 0 bridgehead atoms. The van der Waals surface area contributed by atoms with Crippen LogP contribution in [0.4, 0.5) is 11.4 Å². The molecule has 1 saturated heterocycles. The van der Waals surface area contributed by atoms with Crippen LogP contribution in [0.5, 0.6) is 11.5 Å². The van der Waals surface area contributed by atoms with Crippen molar-refractivity contribution in [3.05, 3.63) is 57.6 Å². The zero-order valence-electron chi connectivity index (χ0n) is 15.8. The highest BCUT2D eigenvalue weighted by Gasteiger charge is 2.35. The highest BCUT2D eigenvalue weighted by Crippen LogP contribution is 2.38. The lowest BCUT2D eigenvalue weighted by molar-refractivity contribution is -0.385. The van der Waals surface area contributed by atoms with E-state index in [1.807, 2.05) is 18.2 Å². The number of nitro benzene ring substituents is 1. The van der Waals surface area contributed by atoms with Gasteiger partial charge in [-0.2, -0.15) is 0 Å². The third-order valence-electron chi connectivity index (χ3n) is 5.22. The molecule has 1 heterocycles. The molecular formula is C20H24N2O5. The van der Waals surface area contributed by atoms with Gasteiger partial charge in [-0.15, -0.1) is 0 Å². The fourth-order valence-electron chi connectivity index (χ4n) is 3.54. The van der Waals surface area contributed by atoms with Crippen LogP contribution >= 0.6 is 0 Å². The SMILES string of the molecule is COc1cc(OC)cc(C2(O)CCN(c3ccc([N+](=O)[O-])c(C)c3)CC2)c1. The minimum atomic E-state index is -0.964. The van der Waals surface area contributed by atoms with Gasteiger partial charge in [0.2, 0.25) is 0 Å². The summed E-state index contributed by atoms with van der Waals surface area (Å²) < 4.78 is 10.6. The highest BCUT2D eigenvalue weighted by atomic mass is 16.6. The van der Waals surface area contributed by atoms with Crippen LogP contribution in [0.2, 0.25) is 0 Å². The maximum absolute atomic E-state index is 11.2. The summed E-state index contributed by atoms with van der Waals surface area (Å²) in [5, 5.41) is 22.2. The van der Waals surface area contributed by atoms with Gasteiger partial charge in [-0.25, -0.2) is 0 Å². The number of rotatable bonds is 5. The van der Waals surface area contributed by atoms with Crippen LogP contribution in [0.15, 0.2) is 36.4 Å². The first kappa shape index (κ1) is 19.0. The molecule has 144 valence electrons.